The molecule has 0 bridgehead atoms. The van der Waals surface area contributed by atoms with Crippen LogP contribution in [0.15, 0.2) is 59.5 Å². The first kappa shape index (κ1) is 18.5. The van der Waals surface area contributed by atoms with Crippen molar-refractivity contribution in [3.63, 3.8) is 0 Å². The molecule has 0 saturated carbocycles. The molecule has 0 aromatic heterocycles. The maximum atomic E-state index is 12.9. The number of anilines is 1. The molecule has 0 spiro atoms. The fourth-order valence-electron chi connectivity index (χ4n) is 3.13. The van der Waals surface area contributed by atoms with Gasteiger partial charge in [-0.2, -0.15) is 0 Å². The average molecular weight is 369 g/mol. The minimum absolute atomic E-state index is 0.0187. The summed E-state index contributed by atoms with van der Waals surface area (Å²) in [7, 11) is 0. The number of rotatable bonds is 4. The van der Waals surface area contributed by atoms with E-state index in [4.69, 9.17) is 0 Å². The highest BCUT2D eigenvalue weighted by molar-refractivity contribution is 8.00. The zero-order valence-electron chi connectivity index (χ0n) is 15.4. The Morgan fingerprint density at radius 2 is 1.81 bits per heavy atom. The predicted octanol–water partition coefficient (Wildman–Crippen LogP) is 4.00. The molecule has 0 fully saturated rings. The van der Waals surface area contributed by atoms with Crippen molar-refractivity contribution in [1.82, 2.24) is 5.32 Å². The molecule has 0 saturated heterocycles. The summed E-state index contributed by atoms with van der Waals surface area (Å²) in [5, 5.41) is 2.95. The molecule has 1 N–H and O–H groups in total. The number of nitrogens with zero attached hydrogens (tertiary/aromatic N) is 1. The standard InChI is InChI=1S/C21H24N2O2S/c1-15(20(25)22-14-16-9-5-4-6-10-16)23-17-11-7-8-12-18(17)26-21(2,3)13-19(23)24/h4-12,15H,13-14H2,1-3H3,(H,22,25). The van der Waals surface area contributed by atoms with Crippen LogP contribution in [-0.4, -0.2) is 22.6 Å². The maximum absolute atomic E-state index is 12.9. The van der Waals surface area contributed by atoms with Gasteiger partial charge in [-0.3, -0.25) is 14.5 Å². The van der Waals surface area contributed by atoms with Crippen LogP contribution >= 0.6 is 11.8 Å². The van der Waals surface area contributed by atoms with E-state index in [2.05, 4.69) is 19.2 Å². The van der Waals surface area contributed by atoms with Gasteiger partial charge in [0.2, 0.25) is 11.8 Å². The molecule has 0 aliphatic carbocycles. The molecule has 136 valence electrons. The van der Waals surface area contributed by atoms with Gasteiger partial charge in [0.25, 0.3) is 0 Å². The van der Waals surface area contributed by atoms with Crippen molar-refractivity contribution in [3.05, 3.63) is 60.2 Å². The highest BCUT2D eigenvalue weighted by atomic mass is 32.2. The molecule has 2 aromatic carbocycles. The first-order chi connectivity index (χ1) is 12.4. The Balaban J connectivity index is 1.82. The monoisotopic (exact) mass is 368 g/mol. The molecule has 0 radical (unpaired) electrons. The number of para-hydroxylation sites is 1. The van der Waals surface area contributed by atoms with Crippen molar-refractivity contribution < 1.29 is 9.59 Å². The molecule has 2 aromatic rings. The molecule has 4 nitrogen and oxygen atoms in total. The van der Waals surface area contributed by atoms with Gasteiger partial charge in [0.05, 0.1) is 5.69 Å². The molecular weight excluding hydrogens is 344 g/mol. The smallest absolute Gasteiger partial charge is 0.243 e. The average Bonchev–Trinajstić information content (AvgIpc) is 2.71. The highest BCUT2D eigenvalue weighted by Crippen LogP contribution is 2.44. The summed E-state index contributed by atoms with van der Waals surface area (Å²) in [5.74, 6) is -0.170. The van der Waals surface area contributed by atoms with Gasteiger partial charge in [0.1, 0.15) is 6.04 Å². The number of carbonyl (C=O) groups is 2. The van der Waals surface area contributed by atoms with Gasteiger partial charge in [-0.25, -0.2) is 0 Å². The van der Waals surface area contributed by atoms with Crippen LogP contribution in [0.4, 0.5) is 5.69 Å². The first-order valence-corrected chi connectivity index (χ1v) is 9.61. The number of nitrogens with one attached hydrogen (secondary N) is 1. The Morgan fingerprint density at radius 3 is 2.54 bits per heavy atom. The largest absolute Gasteiger partial charge is 0.350 e. The van der Waals surface area contributed by atoms with Crippen LogP contribution in [0, 0.1) is 0 Å². The Labute approximate surface area is 159 Å². The van der Waals surface area contributed by atoms with Crippen LogP contribution in [0.5, 0.6) is 0 Å². The lowest BCUT2D eigenvalue weighted by Crippen LogP contribution is -2.48. The van der Waals surface area contributed by atoms with Crippen LogP contribution in [-0.2, 0) is 16.1 Å². The minimum atomic E-state index is -0.568. The highest BCUT2D eigenvalue weighted by Gasteiger charge is 2.36. The number of fused-ring (bicyclic) bond motifs is 1. The second kappa shape index (κ2) is 7.54. The molecule has 1 aliphatic rings. The van der Waals surface area contributed by atoms with E-state index in [1.165, 1.54) is 0 Å². The van der Waals surface area contributed by atoms with E-state index < -0.39 is 6.04 Å². The van der Waals surface area contributed by atoms with Gasteiger partial charge in [0.15, 0.2) is 0 Å². The third-order valence-corrected chi connectivity index (χ3v) is 5.70. The number of hydrogen-bond donors (Lipinski definition) is 1. The minimum Gasteiger partial charge on any atom is -0.350 e. The number of amides is 2. The fraction of sp³-hybridized carbons (Fsp3) is 0.333. The summed E-state index contributed by atoms with van der Waals surface area (Å²) in [4.78, 5) is 28.4. The lowest BCUT2D eigenvalue weighted by Gasteiger charge is -2.28. The summed E-state index contributed by atoms with van der Waals surface area (Å²) in [5.41, 5.74) is 1.85. The van der Waals surface area contributed by atoms with Crippen LogP contribution in [0.2, 0.25) is 0 Å². The Bertz CT molecular complexity index is 805. The van der Waals surface area contributed by atoms with Crippen LogP contribution in [0.25, 0.3) is 0 Å². The van der Waals surface area contributed by atoms with E-state index in [9.17, 15) is 9.59 Å². The SMILES string of the molecule is CC(C(=O)NCc1ccccc1)N1C(=O)CC(C)(C)Sc2ccccc21. The van der Waals surface area contributed by atoms with E-state index in [0.717, 1.165) is 16.1 Å². The van der Waals surface area contributed by atoms with Gasteiger partial charge in [-0.05, 0) is 38.5 Å². The molecule has 2 amide bonds. The van der Waals surface area contributed by atoms with Crippen molar-refractivity contribution in [2.75, 3.05) is 4.90 Å². The zero-order chi connectivity index (χ0) is 18.7. The fourth-order valence-corrected chi connectivity index (χ4v) is 4.34. The van der Waals surface area contributed by atoms with E-state index in [-0.39, 0.29) is 16.6 Å². The molecule has 5 heteroatoms. The summed E-state index contributed by atoms with van der Waals surface area (Å²) in [6.45, 7) is 6.37. The van der Waals surface area contributed by atoms with Crippen molar-refractivity contribution >= 4 is 29.3 Å². The molecule has 1 unspecified atom stereocenters. The predicted molar refractivity (Wildman–Crippen MR) is 106 cm³/mol. The maximum Gasteiger partial charge on any atom is 0.243 e. The van der Waals surface area contributed by atoms with Crippen molar-refractivity contribution in [3.8, 4) is 0 Å². The summed E-state index contributed by atoms with van der Waals surface area (Å²) in [6.07, 6.45) is 0.392. The third-order valence-electron chi connectivity index (χ3n) is 4.43. The molecule has 3 rings (SSSR count). The summed E-state index contributed by atoms with van der Waals surface area (Å²) in [6, 6.07) is 17.0. The molecule has 26 heavy (non-hydrogen) atoms. The quantitative estimate of drug-likeness (QED) is 0.887. The van der Waals surface area contributed by atoms with Gasteiger partial charge in [-0.1, -0.05) is 42.5 Å². The molecule has 1 atom stereocenters. The Morgan fingerprint density at radius 1 is 1.15 bits per heavy atom. The number of carbonyl (C=O) groups excluding carboxylic acids is 2. The van der Waals surface area contributed by atoms with E-state index in [1.54, 1.807) is 23.6 Å². The van der Waals surface area contributed by atoms with Crippen LogP contribution in [0.3, 0.4) is 0 Å². The van der Waals surface area contributed by atoms with Gasteiger partial charge in [-0.15, -0.1) is 11.8 Å². The van der Waals surface area contributed by atoms with E-state index in [0.29, 0.717) is 13.0 Å². The number of hydrogen-bond acceptors (Lipinski definition) is 3. The topological polar surface area (TPSA) is 49.4 Å². The van der Waals surface area contributed by atoms with Gasteiger partial charge < -0.3 is 5.32 Å². The van der Waals surface area contributed by atoms with Crippen molar-refractivity contribution in [1.29, 1.82) is 0 Å². The lowest BCUT2D eigenvalue weighted by molar-refractivity contribution is -0.126. The van der Waals surface area contributed by atoms with Crippen LogP contribution in [0.1, 0.15) is 32.8 Å². The molecule has 1 heterocycles. The van der Waals surface area contributed by atoms with E-state index in [1.807, 2.05) is 54.6 Å². The van der Waals surface area contributed by atoms with Crippen LogP contribution < -0.4 is 10.2 Å². The summed E-state index contributed by atoms with van der Waals surface area (Å²) >= 11 is 1.69. The van der Waals surface area contributed by atoms with E-state index >= 15 is 0 Å². The third kappa shape index (κ3) is 4.10. The van der Waals surface area contributed by atoms with Gasteiger partial charge >= 0.3 is 0 Å². The number of benzene rings is 2. The second-order valence-corrected chi connectivity index (χ2v) is 8.90. The van der Waals surface area contributed by atoms with Gasteiger partial charge in [0, 0.05) is 22.6 Å². The molecular formula is C21H24N2O2S. The number of thioether (sulfide) groups is 1. The van der Waals surface area contributed by atoms with Crippen molar-refractivity contribution in [2.24, 2.45) is 0 Å². The summed E-state index contributed by atoms with van der Waals surface area (Å²) < 4.78 is -0.206. The van der Waals surface area contributed by atoms with Crippen molar-refractivity contribution in [2.45, 2.75) is 49.4 Å². The Hall–Kier alpha value is -2.27. The zero-order valence-corrected chi connectivity index (χ0v) is 16.2. The first-order valence-electron chi connectivity index (χ1n) is 8.79. The second-order valence-electron chi connectivity index (χ2n) is 7.15. The normalized spacial score (nSPS) is 17.2. The lowest BCUT2D eigenvalue weighted by atomic mass is 10.1. The molecule has 1 aliphatic heterocycles. The Kier molecular flexibility index (Phi) is 5.37.